The molecule has 3 aromatic rings. The van der Waals surface area contributed by atoms with E-state index in [0.29, 0.717) is 23.7 Å². The lowest BCUT2D eigenvalue weighted by Gasteiger charge is -2.21. The summed E-state index contributed by atoms with van der Waals surface area (Å²) in [6, 6.07) is 12.9. The van der Waals surface area contributed by atoms with Crippen molar-refractivity contribution in [2.45, 2.75) is 10.8 Å². The van der Waals surface area contributed by atoms with E-state index >= 15 is 0 Å². The minimum absolute atomic E-state index is 0.0595. The average Bonchev–Trinajstić information content (AvgIpc) is 3.02. The summed E-state index contributed by atoms with van der Waals surface area (Å²) in [6.07, 6.45) is 2.23. The molecule has 1 aliphatic rings. The third-order valence-electron chi connectivity index (χ3n) is 4.16. The number of hydrogen-bond donors (Lipinski definition) is 1. The lowest BCUT2D eigenvalue weighted by atomic mass is 10.2. The van der Waals surface area contributed by atoms with Crippen LogP contribution >= 0.6 is 23.1 Å². The summed E-state index contributed by atoms with van der Waals surface area (Å²) >= 11 is 3.18. The Morgan fingerprint density at radius 3 is 3.04 bits per heavy atom. The van der Waals surface area contributed by atoms with Gasteiger partial charge in [0.1, 0.15) is 12.3 Å². The topological polar surface area (TPSA) is 71.5 Å². The summed E-state index contributed by atoms with van der Waals surface area (Å²) in [5.74, 6) is 0.235. The normalized spacial score (nSPS) is 13.8. The van der Waals surface area contributed by atoms with Gasteiger partial charge in [-0.2, -0.15) is 0 Å². The zero-order valence-electron chi connectivity index (χ0n) is 14.6. The van der Waals surface area contributed by atoms with Crippen molar-refractivity contribution in [3.05, 3.63) is 42.5 Å². The Labute approximate surface area is 164 Å². The van der Waals surface area contributed by atoms with Gasteiger partial charge in [0, 0.05) is 5.69 Å². The molecule has 138 valence electrons. The highest BCUT2D eigenvalue weighted by atomic mass is 32.2. The van der Waals surface area contributed by atoms with Crippen LogP contribution in [0.5, 0.6) is 5.75 Å². The molecular formula is C19H17N3O3S2. The van der Waals surface area contributed by atoms with Gasteiger partial charge in [0.25, 0.3) is 0 Å². The molecular weight excluding hydrogens is 382 g/mol. The molecule has 27 heavy (non-hydrogen) atoms. The quantitative estimate of drug-likeness (QED) is 0.676. The number of carbonyl (C=O) groups excluding carboxylic acids is 2. The highest BCUT2D eigenvalue weighted by molar-refractivity contribution is 8.00. The molecule has 0 fully saturated rings. The van der Waals surface area contributed by atoms with E-state index in [1.165, 1.54) is 4.90 Å². The average molecular weight is 399 g/mol. The molecule has 2 amide bonds. The molecule has 1 aliphatic heterocycles. The van der Waals surface area contributed by atoms with Crippen LogP contribution in [0.25, 0.3) is 10.2 Å². The molecule has 2 heterocycles. The fourth-order valence-electron chi connectivity index (χ4n) is 2.91. The number of rotatable bonds is 4. The number of thioether (sulfide) groups is 1. The summed E-state index contributed by atoms with van der Waals surface area (Å²) in [6.45, 7) is 0.254. The van der Waals surface area contributed by atoms with E-state index in [0.717, 1.165) is 14.6 Å². The number of ether oxygens (including phenoxy) is 1. The highest BCUT2D eigenvalue weighted by Gasteiger charge is 2.25. The summed E-state index contributed by atoms with van der Waals surface area (Å²) < 4.78 is 7.61. The number of aromatic nitrogens is 1. The predicted octanol–water partition coefficient (Wildman–Crippen LogP) is 3.77. The molecule has 1 aromatic heterocycles. The molecule has 0 saturated carbocycles. The van der Waals surface area contributed by atoms with Crippen molar-refractivity contribution >= 4 is 56.5 Å². The number of nitrogens with one attached hydrogen (secondary N) is 1. The van der Waals surface area contributed by atoms with E-state index in [9.17, 15) is 9.59 Å². The number of amides is 2. The number of thiazole rings is 1. The number of fused-ring (bicyclic) bond motifs is 2. The van der Waals surface area contributed by atoms with E-state index < -0.39 is 0 Å². The first-order chi connectivity index (χ1) is 13.1. The van der Waals surface area contributed by atoms with Gasteiger partial charge < -0.3 is 10.1 Å². The van der Waals surface area contributed by atoms with Crippen LogP contribution in [0.2, 0.25) is 0 Å². The van der Waals surface area contributed by atoms with Gasteiger partial charge in [-0.25, -0.2) is 4.98 Å². The number of benzene rings is 2. The van der Waals surface area contributed by atoms with Crippen LogP contribution < -0.4 is 15.0 Å². The van der Waals surface area contributed by atoms with Crippen molar-refractivity contribution in [3.8, 4) is 5.75 Å². The van der Waals surface area contributed by atoms with Crippen molar-refractivity contribution in [2.75, 3.05) is 29.6 Å². The minimum Gasteiger partial charge on any atom is -0.491 e. The molecule has 6 nitrogen and oxygen atoms in total. The predicted molar refractivity (Wildman–Crippen MR) is 109 cm³/mol. The highest BCUT2D eigenvalue weighted by Crippen LogP contribution is 2.32. The van der Waals surface area contributed by atoms with Crippen LogP contribution in [0, 0.1) is 0 Å². The number of para-hydroxylation sites is 2. The second kappa shape index (κ2) is 7.58. The maximum Gasteiger partial charge on any atom is 0.244 e. The fraction of sp³-hybridized carbons (Fsp3) is 0.211. The molecule has 0 saturated heterocycles. The Bertz CT molecular complexity index is 1020. The minimum atomic E-state index is -0.256. The van der Waals surface area contributed by atoms with Crippen LogP contribution in [-0.2, 0) is 9.59 Å². The zero-order valence-corrected chi connectivity index (χ0v) is 16.2. The maximum atomic E-state index is 12.6. The monoisotopic (exact) mass is 399 g/mol. The maximum absolute atomic E-state index is 12.6. The molecule has 0 radical (unpaired) electrons. The lowest BCUT2D eigenvalue weighted by molar-refractivity contribution is -0.121. The van der Waals surface area contributed by atoms with Gasteiger partial charge in [0.2, 0.25) is 11.8 Å². The van der Waals surface area contributed by atoms with Crippen molar-refractivity contribution in [2.24, 2.45) is 0 Å². The molecule has 0 unspecified atom stereocenters. The van der Waals surface area contributed by atoms with Crippen molar-refractivity contribution < 1.29 is 14.3 Å². The molecule has 1 N–H and O–H groups in total. The Hall–Kier alpha value is -2.58. The summed E-state index contributed by atoms with van der Waals surface area (Å²) in [5.41, 5.74) is 2.23. The van der Waals surface area contributed by atoms with E-state index in [2.05, 4.69) is 10.3 Å². The van der Waals surface area contributed by atoms with Gasteiger partial charge in [0.15, 0.2) is 4.34 Å². The van der Waals surface area contributed by atoms with Crippen LogP contribution in [0.1, 0.15) is 6.42 Å². The fourth-order valence-corrected chi connectivity index (χ4v) is 4.43. The first kappa shape index (κ1) is 17.8. The Morgan fingerprint density at radius 2 is 2.19 bits per heavy atom. The van der Waals surface area contributed by atoms with Crippen LogP contribution in [-0.4, -0.2) is 36.2 Å². The molecule has 0 aliphatic carbocycles. The van der Waals surface area contributed by atoms with Crippen molar-refractivity contribution in [1.29, 1.82) is 0 Å². The van der Waals surface area contributed by atoms with Crippen molar-refractivity contribution in [1.82, 2.24) is 4.98 Å². The van der Waals surface area contributed by atoms with Crippen molar-refractivity contribution in [3.63, 3.8) is 0 Å². The number of hydrogen-bond acceptors (Lipinski definition) is 6. The second-order valence-corrected chi connectivity index (χ2v) is 8.04. The first-order valence-corrected chi connectivity index (χ1v) is 10.4. The third-order valence-corrected chi connectivity index (χ3v) is 6.16. The van der Waals surface area contributed by atoms with E-state index in [4.69, 9.17) is 4.74 Å². The third kappa shape index (κ3) is 3.77. The molecule has 0 bridgehead atoms. The molecule has 2 aromatic carbocycles. The number of nitrogens with zero attached hydrogens (tertiary/aromatic N) is 2. The van der Waals surface area contributed by atoms with Gasteiger partial charge in [-0.05, 0) is 36.6 Å². The number of anilines is 2. The molecule has 4 rings (SSSR count). The van der Waals surface area contributed by atoms with Gasteiger partial charge in [-0.3, -0.25) is 14.5 Å². The standard InChI is InChI=1S/C19H17N3O3S2/c1-26-19-21-13-7-6-12(10-16(13)27-19)20-17(23)11-22-14-4-2-3-5-15(14)25-9-8-18(22)24/h2-7,10H,8-9,11H2,1H3,(H,20,23). The lowest BCUT2D eigenvalue weighted by Crippen LogP contribution is -2.37. The number of carbonyl (C=O) groups is 2. The molecule has 8 heteroatoms. The molecule has 0 atom stereocenters. The van der Waals surface area contributed by atoms with Crippen LogP contribution in [0.3, 0.4) is 0 Å². The van der Waals surface area contributed by atoms with Crippen LogP contribution in [0.15, 0.2) is 46.8 Å². The Morgan fingerprint density at radius 1 is 1.33 bits per heavy atom. The Balaban J connectivity index is 1.52. The summed E-state index contributed by atoms with van der Waals surface area (Å²) in [5, 5.41) is 2.88. The van der Waals surface area contributed by atoms with Crippen LogP contribution in [0.4, 0.5) is 11.4 Å². The zero-order chi connectivity index (χ0) is 18.8. The SMILES string of the molecule is CSc1nc2ccc(NC(=O)CN3C(=O)CCOc4ccccc43)cc2s1. The van der Waals surface area contributed by atoms with E-state index in [1.54, 1.807) is 35.2 Å². The Kier molecular flexibility index (Phi) is 5.00. The van der Waals surface area contributed by atoms with E-state index in [1.807, 2.05) is 36.6 Å². The largest absolute Gasteiger partial charge is 0.491 e. The van der Waals surface area contributed by atoms with Gasteiger partial charge in [0.05, 0.1) is 28.9 Å². The second-order valence-electron chi connectivity index (χ2n) is 5.96. The van der Waals surface area contributed by atoms with Gasteiger partial charge in [-0.1, -0.05) is 23.9 Å². The van der Waals surface area contributed by atoms with Gasteiger partial charge in [-0.15, -0.1) is 11.3 Å². The van der Waals surface area contributed by atoms with E-state index in [-0.39, 0.29) is 24.8 Å². The first-order valence-electron chi connectivity index (χ1n) is 8.40. The smallest absolute Gasteiger partial charge is 0.244 e. The summed E-state index contributed by atoms with van der Waals surface area (Å²) in [7, 11) is 0. The molecule has 0 spiro atoms. The van der Waals surface area contributed by atoms with Gasteiger partial charge >= 0.3 is 0 Å². The summed E-state index contributed by atoms with van der Waals surface area (Å²) in [4.78, 5) is 31.0.